The highest BCUT2D eigenvalue weighted by molar-refractivity contribution is 7.86. The zero-order chi connectivity index (χ0) is 19.7. The van der Waals surface area contributed by atoms with Gasteiger partial charge in [0.25, 0.3) is 10.1 Å². The predicted molar refractivity (Wildman–Crippen MR) is 78.7 cm³/mol. The Bertz CT molecular complexity index is 1070. The third-order valence-corrected chi connectivity index (χ3v) is 4.09. The zero-order valence-electron chi connectivity index (χ0n) is 12.2. The van der Waals surface area contributed by atoms with Crippen molar-refractivity contribution in [2.75, 3.05) is 0 Å². The highest BCUT2D eigenvalue weighted by atomic mass is 32.2. The van der Waals surface area contributed by atoms with Crippen LogP contribution in [-0.4, -0.2) is 46.9 Å². The van der Waals surface area contributed by atoms with E-state index >= 15 is 0 Å². The second-order valence-electron chi connectivity index (χ2n) is 4.71. The van der Waals surface area contributed by atoms with Crippen molar-refractivity contribution in [1.82, 2.24) is 4.98 Å². The molecule has 134 valence electrons. The molecule has 2 heterocycles. The van der Waals surface area contributed by atoms with Crippen LogP contribution in [0.4, 0.5) is 13.2 Å². The minimum absolute atomic E-state index is 0.575. The molecule has 0 aromatic carbocycles. The molecule has 0 radical (unpaired) electrons. The molecule has 1 atom stereocenters. The summed E-state index contributed by atoms with van der Waals surface area (Å²) in [5.41, 5.74) is -6.49. The lowest BCUT2D eigenvalue weighted by atomic mass is 9.91. The summed E-state index contributed by atoms with van der Waals surface area (Å²) in [5.74, 6) is 3.21. The number of alkyl halides is 3. The Kier molecular flexibility index (Phi) is 4.90. The van der Waals surface area contributed by atoms with E-state index in [0.717, 1.165) is 30.1 Å². The smallest absolute Gasteiger partial charge is 0.284 e. The molecule has 0 spiro atoms. The molecule has 1 aromatic rings. The van der Waals surface area contributed by atoms with E-state index in [-0.39, 0.29) is 0 Å². The third kappa shape index (κ3) is 3.31. The predicted octanol–water partition coefficient (Wildman–Crippen LogP) is 0.391. The average Bonchev–Trinajstić information content (AvgIpc) is 2.57. The Morgan fingerprint density at radius 1 is 1.08 bits per heavy atom. The maximum Gasteiger partial charge on any atom is 0.418 e. The van der Waals surface area contributed by atoms with Crippen molar-refractivity contribution in [2.24, 2.45) is 4.99 Å². The largest absolute Gasteiger partial charge is 0.418 e. The van der Waals surface area contributed by atoms with E-state index in [1.165, 1.54) is 0 Å². The lowest BCUT2D eigenvalue weighted by Gasteiger charge is -2.21. The van der Waals surface area contributed by atoms with Crippen LogP contribution in [0.25, 0.3) is 0 Å². The normalized spacial score (nSPS) is 17.9. The number of aromatic nitrogens is 1. The second kappa shape index (κ2) is 6.64. The molecule has 0 aliphatic carbocycles. The van der Waals surface area contributed by atoms with E-state index in [1.54, 1.807) is 0 Å². The minimum Gasteiger partial charge on any atom is -0.284 e. The number of carbonyl (C=O) groups excluding carboxylic acids is 3. The summed E-state index contributed by atoms with van der Waals surface area (Å²) < 4.78 is 71.5. The van der Waals surface area contributed by atoms with Crippen molar-refractivity contribution >= 4 is 33.7 Å². The molecule has 0 fully saturated rings. The van der Waals surface area contributed by atoms with Crippen LogP contribution in [0.15, 0.2) is 40.0 Å². The Hall–Kier alpha value is -3.13. The molecule has 8 nitrogen and oxygen atoms in total. The first-order chi connectivity index (χ1) is 12.1. The molecule has 1 aromatic heterocycles. The van der Waals surface area contributed by atoms with Crippen molar-refractivity contribution < 1.29 is 40.5 Å². The number of rotatable bonds is 2. The lowest BCUT2D eigenvalue weighted by Crippen LogP contribution is -2.32. The molecule has 1 aliphatic heterocycles. The first-order valence-corrected chi connectivity index (χ1v) is 7.89. The molecule has 1 unspecified atom stereocenters. The summed E-state index contributed by atoms with van der Waals surface area (Å²) >= 11 is 0. The first-order valence-electron chi connectivity index (χ1n) is 6.39. The molecule has 26 heavy (non-hydrogen) atoms. The van der Waals surface area contributed by atoms with E-state index < -0.39 is 55.4 Å². The molecule has 0 saturated carbocycles. The number of nitrogens with zero attached hydrogens (tertiary/aromatic N) is 2. The van der Waals surface area contributed by atoms with Crippen molar-refractivity contribution in [3.8, 4) is 0 Å². The van der Waals surface area contributed by atoms with Crippen molar-refractivity contribution in [3.63, 3.8) is 0 Å². The van der Waals surface area contributed by atoms with E-state index in [0.29, 0.717) is 6.07 Å². The molecule has 12 heteroatoms. The fourth-order valence-electron chi connectivity index (χ4n) is 2.15. The van der Waals surface area contributed by atoms with Gasteiger partial charge in [-0.3, -0.25) is 14.5 Å². The second-order valence-corrected chi connectivity index (χ2v) is 6.19. The highest BCUT2D eigenvalue weighted by Crippen LogP contribution is 2.36. The monoisotopic (exact) mass is 386 g/mol. The SMILES string of the molecule is O=C=C1C(=C=O)C(c2ncccc2C(F)(F)F)=NC(S(=O)(=O)O)C1=C=O. The van der Waals surface area contributed by atoms with Gasteiger partial charge in [0.05, 0.1) is 16.7 Å². The van der Waals surface area contributed by atoms with Crippen LogP contribution >= 0.6 is 0 Å². The van der Waals surface area contributed by atoms with Crippen molar-refractivity contribution in [2.45, 2.75) is 11.6 Å². The molecule has 0 saturated heterocycles. The van der Waals surface area contributed by atoms with Gasteiger partial charge in [-0.05, 0) is 12.1 Å². The first kappa shape index (κ1) is 19.2. The van der Waals surface area contributed by atoms with Crippen LogP contribution in [0.5, 0.6) is 0 Å². The summed E-state index contributed by atoms with van der Waals surface area (Å²) in [4.78, 5) is 40.0. The van der Waals surface area contributed by atoms with E-state index in [1.807, 2.05) is 0 Å². The Morgan fingerprint density at radius 3 is 2.15 bits per heavy atom. The molecule has 1 N–H and O–H groups in total. The number of halogens is 3. The summed E-state index contributed by atoms with van der Waals surface area (Å²) in [5, 5.41) is -2.48. The van der Waals surface area contributed by atoms with Gasteiger partial charge in [0, 0.05) is 6.20 Å². The van der Waals surface area contributed by atoms with Crippen LogP contribution in [-0.2, 0) is 30.7 Å². The average molecular weight is 386 g/mol. The van der Waals surface area contributed by atoms with Crippen LogP contribution in [0, 0.1) is 0 Å². The van der Waals surface area contributed by atoms with Gasteiger partial charge in [-0.1, -0.05) is 0 Å². The van der Waals surface area contributed by atoms with Crippen LogP contribution in [0.1, 0.15) is 11.3 Å². The maximum absolute atomic E-state index is 13.2. The van der Waals surface area contributed by atoms with Gasteiger partial charge < -0.3 is 0 Å². The van der Waals surface area contributed by atoms with Gasteiger partial charge in [0.1, 0.15) is 34.8 Å². The summed E-state index contributed by atoms with van der Waals surface area (Å²) in [7, 11) is -5.19. The summed E-state index contributed by atoms with van der Waals surface area (Å²) in [6.07, 6.45) is -4.08. The zero-order valence-corrected chi connectivity index (χ0v) is 13.1. The van der Waals surface area contributed by atoms with E-state index in [9.17, 15) is 40.5 Å². The molecule has 0 bridgehead atoms. The minimum atomic E-state index is -5.19. The number of hydrogen-bond donors (Lipinski definition) is 1. The molecular weight excluding hydrogens is 381 g/mol. The Labute approximate surface area is 142 Å². The summed E-state index contributed by atoms with van der Waals surface area (Å²) in [6.45, 7) is 0. The van der Waals surface area contributed by atoms with Gasteiger partial charge in [0.2, 0.25) is 5.37 Å². The molecular formula is C14H5F3N2O6S. The molecule has 0 amide bonds. The van der Waals surface area contributed by atoms with Crippen LogP contribution < -0.4 is 0 Å². The van der Waals surface area contributed by atoms with Crippen molar-refractivity contribution in [3.05, 3.63) is 46.3 Å². The Morgan fingerprint density at radius 2 is 1.69 bits per heavy atom. The fourth-order valence-corrected chi connectivity index (χ4v) is 2.85. The quantitative estimate of drug-likeness (QED) is 0.575. The maximum atomic E-state index is 13.2. The van der Waals surface area contributed by atoms with Gasteiger partial charge in [-0.15, -0.1) is 0 Å². The molecule has 1 aliphatic rings. The van der Waals surface area contributed by atoms with Gasteiger partial charge in [0.15, 0.2) is 0 Å². The number of hydrogen-bond acceptors (Lipinski definition) is 7. The van der Waals surface area contributed by atoms with Crippen LogP contribution in [0.3, 0.4) is 0 Å². The Balaban J connectivity index is 2.96. The lowest BCUT2D eigenvalue weighted by molar-refractivity contribution is -0.137. The summed E-state index contributed by atoms with van der Waals surface area (Å²) in [6, 6.07) is 1.50. The van der Waals surface area contributed by atoms with Gasteiger partial charge >= 0.3 is 6.18 Å². The van der Waals surface area contributed by atoms with E-state index in [2.05, 4.69) is 9.98 Å². The van der Waals surface area contributed by atoms with Crippen molar-refractivity contribution in [1.29, 1.82) is 0 Å². The van der Waals surface area contributed by atoms with Crippen LogP contribution in [0.2, 0.25) is 0 Å². The standard InChI is InChI=1S/C14H5F3N2O6S/c15-14(16,17)10-2-1-3-18-12(10)11-8(5-21)7(4-20)9(6-22)13(19-11)26(23,24)25/h1-3,13H,(H,23,24,25). The number of aliphatic imine (C=N–C) groups is 1. The highest BCUT2D eigenvalue weighted by Gasteiger charge is 2.43. The van der Waals surface area contributed by atoms with E-state index in [4.69, 9.17) is 0 Å². The van der Waals surface area contributed by atoms with Gasteiger partial charge in [-0.25, -0.2) is 14.4 Å². The number of allylic oxidation sites excluding steroid dienone is 1. The van der Waals surface area contributed by atoms with Gasteiger partial charge in [-0.2, -0.15) is 21.6 Å². The number of pyridine rings is 1. The fraction of sp³-hybridized carbons (Fsp3) is 0.143. The topological polar surface area (TPSA) is 131 Å². The molecule has 2 rings (SSSR count). The third-order valence-electron chi connectivity index (χ3n) is 3.18.